The Morgan fingerprint density at radius 2 is 2.50 bits per heavy atom. The van der Waals surface area contributed by atoms with E-state index in [0.717, 1.165) is 6.08 Å². The van der Waals surface area contributed by atoms with Gasteiger partial charge in [-0.1, -0.05) is 6.58 Å². The van der Waals surface area contributed by atoms with Gasteiger partial charge in [-0.2, -0.15) is 0 Å². The second-order valence-electron chi connectivity index (χ2n) is 1.63. The van der Waals surface area contributed by atoms with Gasteiger partial charge in [-0.15, -0.1) is 0 Å². The molecule has 0 heterocycles. The Morgan fingerprint density at radius 1 is 1.80 bits per heavy atom. The molecule has 0 radical (unpaired) electrons. The first-order valence-electron chi connectivity index (χ1n) is 2.97. The molecule has 0 aliphatic carbocycles. The Hall–Kier alpha value is -0.870. The first kappa shape index (κ1) is 9.13. The van der Waals surface area contributed by atoms with Crippen molar-refractivity contribution < 1.29 is 14.7 Å². The van der Waals surface area contributed by atoms with E-state index < -0.39 is 5.97 Å². The number of esters is 1. The number of carbonyl (C=O) groups excluding carboxylic acids is 1. The lowest BCUT2D eigenvalue weighted by atomic mass is 10.5. The van der Waals surface area contributed by atoms with Gasteiger partial charge in [0.15, 0.2) is 0 Å². The van der Waals surface area contributed by atoms with Crippen LogP contribution in [0.2, 0.25) is 0 Å². The van der Waals surface area contributed by atoms with Gasteiger partial charge in [0.25, 0.3) is 0 Å². The molecular formula is C6H11NO3. The second-order valence-corrected chi connectivity index (χ2v) is 1.63. The maximum atomic E-state index is 10.4. The Kier molecular flexibility index (Phi) is 5.71. The summed E-state index contributed by atoms with van der Waals surface area (Å²) in [6.07, 6.45) is 1.70. The molecule has 0 saturated carbocycles. The predicted octanol–water partition coefficient (Wildman–Crippen LogP) is 0.0845. The zero-order valence-corrected chi connectivity index (χ0v) is 5.67. The quantitative estimate of drug-likeness (QED) is 0.249. The van der Waals surface area contributed by atoms with E-state index >= 15 is 0 Å². The highest BCUT2D eigenvalue weighted by atomic mass is 16.5. The lowest BCUT2D eigenvalue weighted by Crippen LogP contribution is -2.12. The average Bonchev–Trinajstić information content (AvgIpc) is 1.98. The Labute approximate surface area is 59.4 Å². The lowest BCUT2D eigenvalue weighted by Gasteiger charge is -1.99. The average molecular weight is 145 g/mol. The fraction of sp³-hybridized carbons (Fsp3) is 0.500. The van der Waals surface area contributed by atoms with Gasteiger partial charge in [-0.3, -0.25) is 0 Å². The molecule has 0 rings (SSSR count). The fourth-order valence-electron chi connectivity index (χ4n) is 0.383. The second kappa shape index (κ2) is 6.25. The molecule has 0 aromatic heterocycles. The molecular weight excluding hydrogens is 134 g/mol. The highest BCUT2D eigenvalue weighted by Gasteiger charge is 1.92. The van der Waals surface area contributed by atoms with Gasteiger partial charge in [0, 0.05) is 12.6 Å². The molecule has 0 atom stereocenters. The fourth-order valence-corrected chi connectivity index (χ4v) is 0.383. The molecule has 0 saturated heterocycles. The van der Waals surface area contributed by atoms with E-state index in [0.29, 0.717) is 19.6 Å². The Balaban J connectivity index is 3.03. The van der Waals surface area contributed by atoms with Crippen LogP contribution in [0.1, 0.15) is 6.42 Å². The van der Waals surface area contributed by atoms with Crippen LogP contribution in [-0.4, -0.2) is 24.3 Å². The topological polar surface area (TPSA) is 58.6 Å². The number of nitrogens with one attached hydrogen (secondary N) is 1. The van der Waals surface area contributed by atoms with Crippen LogP contribution in [0.25, 0.3) is 0 Å². The van der Waals surface area contributed by atoms with Crippen LogP contribution in [0, 0.1) is 0 Å². The van der Waals surface area contributed by atoms with Crippen LogP contribution < -0.4 is 5.48 Å². The summed E-state index contributed by atoms with van der Waals surface area (Å²) in [4.78, 5) is 10.4. The molecule has 0 spiro atoms. The highest BCUT2D eigenvalue weighted by molar-refractivity contribution is 5.81. The Morgan fingerprint density at radius 3 is 3.00 bits per heavy atom. The summed E-state index contributed by atoms with van der Waals surface area (Å²) in [6, 6.07) is 0. The van der Waals surface area contributed by atoms with E-state index in [-0.39, 0.29) is 0 Å². The molecule has 0 aromatic rings. The summed E-state index contributed by atoms with van der Waals surface area (Å²) in [5.41, 5.74) is 1.94. The number of ether oxygens (including phenoxy) is 1. The van der Waals surface area contributed by atoms with Crippen molar-refractivity contribution in [3.05, 3.63) is 12.7 Å². The van der Waals surface area contributed by atoms with Gasteiger partial charge < -0.3 is 9.94 Å². The van der Waals surface area contributed by atoms with Crippen molar-refractivity contribution in [2.24, 2.45) is 0 Å². The molecule has 0 aliphatic heterocycles. The normalized spacial score (nSPS) is 8.90. The van der Waals surface area contributed by atoms with Gasteiger partial charge in [0.2, 0.25) is 0 Å². The molecule has 4 nitrogen and oxygen atoms in total. The molecule has 0 aliphatic rings. The smallest absolute Gasteiger partial charge is 0.330 e. The van der Waals surface area contributed by atoms with Crippen molar-refractivity contribution in [3.63, 3.8) is 0 Å². The highest BCUT2D eigenvalue weighted by Crippen LogP contribution is 1.82. The third-order valence-corrected chi connectivity index (χ3v) is 0.844. The number of rotatable bonds is 5. The van der Waals surface area contributed by atoms with E-state index in [2.05, 4.69) is 11.3 Å². The molecule has 58 valence electrons. The van der Waals surface area contributed by atoms with Gasteiger partial charge in [-0.25, -0.2) is 10.3 Å². The zero-order valence-electron chi connectivity index (χ0n) is 5.67. The van der Waals surface area contributed by atoms with Gasteiger partial charge in [0.1, 0.15) is 0 Å². The molecule has 0 amide bonds. The maximum Gasteiger partial charge on any atom is 0.330 e. The molecule has 0 fully saturated rings. The van der Waals surface area contributed by atoms with E-state index in [9.17, 15) is 4.79 Å². The minimum Gasteiger partial charge on any atom is -0.462 e. The van der Waals surface area contributed by atoms with E-state index in [1.807, 2.05) is 5.48 Å². The SMILES string of the molecule is C=CC(=O)OCCCNO. The minimum absolute atomic E-state index is 0.304. The largest absolute Gasteiger partial charge is 0.462 e. The monoisotopic (exact) mass is 145 g/mol. The third kappa shape index (κ3) is 5.27. The minimum atomic E-state index is -0.432. The van der Waals surface area contributed by atoms with E-state index in [1.165, 1.54) is 0 Å². The first-order chi connectivity index (χ1) is 4.81. The van der Waals surface area contributed by atoms with E-state index in [1.54, 1.807) is 0 Å². The van der Waals surface area contributed by atoms with Crippen LogP contribution in [0.5, 0.6) is 0 Å². The number of hydrogen-bond donors (Lipinski definition) is 2. The number of hydrogen-bond acceptors (Lipinski definition) is 4. The molecule has 10 heavy (non-hydrogen) atoms. The van der Waals surface area contributed by atoms with Crippen molar-refractivity contribution in [3.8, 4) is 0 Å². The van der Waals surface area contributed by atoms with Crippen LogP contribution in [-0.2, 0) is 9.53 Å². The summed E-state index contributed by atoms with van der Waals surface area (Å²) in [6.45, 7) is 3.94. The summed E-state index contributed by atoms with van der Waals surface area (Å²) in [7, 11) is 0. The first-order valence-corrected chi connectivity index (χ1v) is 2.97. The molecule has 0 aromatic carbocycles. The van der Waals surface area contributed by atoms with E-state index in [4.69, 9.17) is 5.21 Å². The van der Waals surface area contributed by atoms with Gasteiger partial charge in [-0.05, 0) is 6.42 Å². The summed E-state index contributed by atoms with van der Waals surface area (Å²) < 4.78 is 4.59. The van der Waals surface area contributed by atoms with Gasteiger partial charge >= 0.3 is 5.97 Å². The van der Waals surface area contributed by atoms with Crippen molar-refractivity contribution in [1.82, 2.24) is 5.48 Å². The Bertz CT molecular complexity index is 114. The third-order valence-electron chi connectivity index (χ3n) is 0.844. The lowest BCUT2D eigenvalue weighted by molar-refractivity contribution is -0.137. The van der Waals surface area contributed by atoms with Crippen LogP contribution in [0.4, 0.5) is 0 Å². The number of carbonyl (C=O) groups is 1. The molecule has 2 N–H and O–H groups in total. The summed E-state index contributed by atoms with van der Waals surface area (Å²) in [5.74, 6) is -0.432. The molecule has 0 bridgehead atoms. The van der Waals surface area contributed by atoms with Crippen LogP contribution >= 0.6 is 0 Å². The van der Waals surface area contributed by atoms with Crippen LogP contribution in [0.15, 0.2) is 12.7 Å². The number of hydroxylamine groups is 1. The summed E-state index contributed by atoms with van der Waals surface area (Å²) >= 11 is 0. The summed E-state index contributed by atoms with van der Waals surface area (Å²) in [5, 5.41) is 8.08. The van der Waals surface area contributed by atoms with Crippen molar-refractivity contribution in [2.75, 3.05) is 13.2 Å². The van der Waals surface area contributed by atoms with Gasteiger partial charge in [0.05, 0.1) is 6.61 Å². The zero-order chi connectivity index (χ0) is 7.82. The standard InChI is InChI=1S/C6H11NO3/c1-2-6(8)10-5-3-4-7-9/h2,7,9H,1,3-5H2. The molecule has 4 heteroatoms. The van der Waals surface area contributed by atoms with Crippen molar-refractivity contribution in [1.29, 1.82) is 0 Å². The van der Waals surface area contributed by atoms with Crippen molar-refractivity contribution in [2.45, 2.75) is 6.42 Å². The van der Waals surface area contributed by atoms with Crippen LogP contribution in [0.3, 0.4) is 0 Å². The van der Waals surface area contributed by atoms with Crippen molar-refractivity contribution >= 4 is 5.97 Å². The molecule has 0 unspecified atom stereocenters. The predicted molar refractivity (Wildman–Crippen MR) is 35.6 cm³/mol. The maximum absolute atomic E-state index is 10.4.